The molecule has 0 unspecified atom stereocenters. The summed E-state index contributed by atoms with van der Waals surface area (Å²) in [6.07, 6.45) is -4.90. The van der Waals surface area contributed by atoms with E-state index < -0.39 is 42.2 Å². The van der Waals surface area contributed by atoms with Gasteiger partial charge >= 0.3 is 6.18 Å². The summed E-state index contributed by atoms with van der Waals surface area (Å²) >= 11 is 0. The van der Waals surface area contributed by atoms with E-state index in [2.05, 4.69) is 0 Å². The van der Waals surface area contributed by atoms with Gasteiger partial charge in [-0.1, -0.05) is 6.07 Å². The molecule has 1 rings (SSSR count). The normalized spacial score (nSPS) is 11.5. The van der Waals surface area contributed by atoms with E-state index in [-0.39, 0.29) is 13.1 Å². The van der Waals surface area contributed by atoms with Gasteiger partial charge in [0.2, 0.25) is 0 Å². The Balaban J connectivity index is 3.16. The van der Waals surface area contributed by atoms with E-state index in [4.69, 9.17) is 10.2 Å². The second kappa shape index (κ2) is 6.67. The van der Waals surface area contributed by atoms with E-state index in [0.29, 0.717) is 6.07 Å². The molecule has 1 aromatic rings. The number of alkyl halides is 3. The predicted molar refractivity (Wildman–Crippen MR) is 61.5 cm³/mol. The highest BCUT2D eigenvalue weighted by atomic mass is 19.4. The zero-order chi connectivity index (χ0) is 15.3. The second-order valence-electron chi connectivity index (χ2n) is 3.90. The fraction of sp³-hybridized carbons (Fsp3) is 0.417. The van der Waals surface area contributed by atoms with E-state index in [1.165, 1.54) is 0 Å². The molecule has 1 aromatic carbocycles. The first kappa shape index (κ1) is 16.4. The number of amides is 1. The molecule has 1 amide bonds. The Labute approximate surface area is 112 Å². The molecule has 0 saturated heterocycles. The summed E-state index contributed by atoms with van der Waals surface area (Å²) in [5, 5.41) is 17.5. The second-order valence-corrected chi connectivity index (χ2v) is 3.90. The first-order chi connectivity index (χ1) is 9.32. The summed E-state index contributed by atoms with van der Waals surface area (Å²) in [5.74, 6) is -2.68. The quantitative estimate of drug-likeness (QED) is 0.804. The number of halogens is 4. The lowest BCUT2D eigenvalue weighted by molar-refractivity contribution is -0.140. The molecule has 0 aliphatic rings. The molecule has 0 aliphatic heterocycles. The van der Waals surface area contributed by atoms with Crippen molar-refractivity contribution < 1.29 is 32.6 Å². The molecule has 2 N–H and O–H groups in total. The molecular weight excluding hydrogens is 282 g/mol. The van der Waals surface area contributed by atoms with Crippen molar-refractivity contribution >= 4 is 5.91 Å². The van der Waals surface area contributed by atoms with Gasteiger partial charge in [-0.05, 0) is 12.1 Å². The number of hydrogen-bond donors (Lipinski definition) is 2. The van der Waals surface area contributed by atoms with Crippen LogP contribution in [0.25, 0.3) is 0 Å². The highest BCUT2D eigenvalue weighted by molar-refractivity contribution is 5.94. The third-order valence-electron chi connectivity index (χ3n) is 2.56. The van der Waals surface area contributed by atoms with Crippen LogP contribution in [0.15, 0.2) is 18.2 Å². The average molecular weight is 295 g/mol. The molecule has 4 nitrogen and oxygen atoms in total. The van der Waals surface area contributed by atoms with Crippen molar-refractivity contribution in [3.05, 3.63) is 35.1 Å². The Hall–Kier alpha value is -1.67. The fourth-order valence-electron chi connectivity index (χ4n) is 1.64. The first-order valence-electron chi connectivity index (χ1n) is 5.69. The van der Waals surface area contributed by atoms with Gasteiger partial charge in [0.15, 0.2) is 0 Å². The van der Waals surface area contributed by atoms with Gasteiger partial charge in [-0.25, -0.2) is 4.39 Å². The van der Waals surface area contributed by atoms with E-state index in [9.17, 15) is 22.4 Å². The predicted octanol–water partition coefficient (Wildman–Crippen LogP) is 1.27. The Morgan fingerprint density at radius 1 is 1.15 bits per heavy atom. The number of aliphatic hydroxyl groups is 2. The molecule has 0 atom stereocenters. The summed E-state index contributed by atoms with van der Waals surface area (Å²) in [6, 6.07) is 2.39. The van der Waals surface area contributed by atoms with Gasteiger partial charge in [0.1, 0.15) is 5.82 Å². The maximum Gasteiger partial charge on any atom is 0.419 e. The number of nitrogens with zero attached hydrogens (tertiary/aromatic N) is 1. The minimum atomic E-state index is -4.90. The van der Waals surface area contributed by atoms with Crippen molar-refractivity contribution in [3.63, 3.8) is 0 Å². The van der Waals surface area contributed by atoms with Crippen LogP contribution in [0.3, 0.4) is 0 Å². The van der Waals surface area contributed by atoms with Crippen molar-refractivity contribution in [1.29, 1.82) is 0 Å². The topological polar surface area (TPSA) is 60.8 Å². The number of carbonyl (C=O) groups is 1. The van der Waals surface area contributed by atoms with Crippen molar-refractivity contribution in [3.8, 4) is 0 Å². The third-order valence-corrected chi connectivity index (χ3v) is 2.56. The van der Waals surface area contributed by atoms with Crippen LogP contribution in [0, 0.1) is 5.82 Å². The van der Waals surface area contributed by atoms with Gasteiger partial charge in [0, 0.05) is 13.1 Å². The summed E-state index contributed by atoms with van der Waals surface area (Å²) in [4.78, 5) is 12.8. The lowest BCUT2D eigenvalue weighted by Gasteiger charge is -2.21. The highest BCUT2D eigenvalue weighted by Crippen LogP contribution is 2.32. The van der Waals surface area contributed by atoms with Crippen LogP contribution in [0.4, 0.5) is 17.6 Å². The van der Waals surface area contributed by atoms with E-state index in [1.54, 1.807) is 0 Å². The van der Waals surface area contributed by atoms with Gasteiger partial charge < -0.3 is 15.1 Å². The van der Waals surface area contributed by atoms with Gasteiger partial charge in [-0.3, -0.25) is 4.79 Å². The number of rotatable bonds is 5. The van der Waals surface area contributed by atoms with Crippen LogP contribution in [-0.2, 0) is 6.18 Å². The standard InChI is InChI=1S/C12H13F4NO3/c13-10-8(2-1-3-9(10)12(14,15)16)11(20)17(4-6-18)5-7-19/h1-3,18-19H,4-7H2. The molecule has 0 saturated carbocycles. The van der Waals surface area contributed by atoms with Crippen LogP contribution >= 0.6 is 0 Å². The molecule has 0 aliphatic carbocycles. The molecular formula is C12H13F4NO3. The van der Waals surface area contributed by atoms with Crippen LogP contribution in [-0.4, -0.2) is 47.3 Å². The first-order valence-corrected chi connectivity index (χ1v) is 5.69. The van der Waals surface area contributed by atoms with Crippen LogP contribution in [0.2, 0.25) is 0 Å². The zero-order valence-corrected chi connectivity index (χ0v) is 10.3. The number of benzene rings is 1. The lowest BCUT2D eigenvalue weighted by atomic mass is 10.1. The Kier molecular flexibility index (Phi) is 5.46. The average Bonchev–Trinajstić information content (AvgIpc) is 2.36. The summed E-state index contributed by atoms with van der Waals surface area (Å²) < 4.78 is 51.4. The lowest BCUT2D eigenvalue weighted by Crippen LogP contribution is -2.36. The Bertz CT molecular complexity index is 470. The van der Waals surface area contributed by atoms with Crippen molar-refractivity contribution in [1.82, 2.24) is 4.90 Å². The maximum absolute atomic E-state index is 13.8. The summed E-state index contributed by atoms with van der Waals surface area (Å²) in [7, 11) is 0. The molecule has 0 aromatic heterocycles. The van der Waals surface area contributed by atoms with Crippen LogP contribution < -0.4 is 0 Å². The molecule has 8 heteroatoms. The minimum Gasteiger partial charge on any atom is -0.395 e. The number of aliphatic hydroxyl groups excluding tert-OH is 2. The van der Waals surface area contributed by atoms with Gasteiger partial charge in [-0.15, -0.1) is 0 Å². The molecule has 0 bridgehead atoms. The smallest absolute Gasteiger partial charge is 0.395 e. The maximum atomic E-state index is 13.8. The SMILES string of the molecule is O=C(c1cccc(C(F)(F)F)c1F)N(CCO)CCO. The van der Waals surface area contributed by atoms with Crippen molar-refractivity contribution in [2.45, 2.75) is 6.18 Å². The largest absolute Gasteiger partial charge is 0.419 e. The van der Waals surface area contributed by atoms with Gasteiger partial charge in [-0.2, -0.15) is 13.2 Å². The molecule has 20 heavy (non-hydrogen) atoms. The molecule has 0 fully saturated rings. The van der Waals surface area contributed by atoms with Gasteiger partial charge in [0.25, 0.3) is 5.91 Å². The number of carbonyl (C=O) groups excluding carboxylic acids is 1. The van der Waals surface area contributed by atoms with E-state index >= 15 is 0 Å². The fourth-order valence-corrected chi connectivity index (χ4v) is 1.64. The Morgan fingerprint density at radius 2 is 1.70 bits per heavy atom. The van der Waals surface area contributed by atoms with Gasteiger partial charge in [0.05, 0.1) is 24.3 Å². The third kappa shape index (κ3) is 3.67. The molecule has 0 heterocycles. The summed E-state index contributed by atoms with van der Waals surface area (Å²) in [6.45, 7) is -1.33. The van der Waals surface area contributed by atoms with E-state index in [1.807, 2.05) is 0 Å². The van der Waals surface area contributed by atoms with Crippen molar-refractivity contribution in [2.75, 3.05) is 26.3 Å². The van der Waals surface area contributed by atoms with Crippen molar-refractivity contribution in [2.24, 2.45) is 0 Å². The number of hydrogen-bond acceptors (Lipinski definition) is 3. The molecule has 0 spiro atoms. The van der Waals surface area contributed by atoms with Crippen LogP contribution in [0.5, 0.6) is 0 Å². The van der Waals surface area contributed by atoms with Crippen LogP contribution in [0.1, 0.15) is 15.9 Å². The minimum absolute atomic E-state index is 0.213. The van der Waals surface area contributed by atoms with E-state index in [0.717, 1.165) is 17.0 Å². The zero-order valence-electron chi connectivity index (χ0n) is 10.3. The molecule has 0 radical (unpaired) electrons. The molecule has 112 valence electrons. The Morgan fingerprint density at radius 3 is 2.15 bits per heavy atom. The summed E-state index contributed by atoms with van der Waals surface area (Å²) in [5.41, 5.74) is -2.28. The monoisotopic (exact) mass is 295 g/mol. The highest BCUT2D eigenvalue weighted by Gasteiger charge is 2.36.